The molecule has 2 aromatic carbocycles. The van der Waals surface area contributed by atoms with Crippen LogP contribution in [-0.4, -0.2) is 44.4 Å². The maximum Gasteiger partial charge on any atom is 0.310 e. The number of carbonyl (C=O) groups excluding carboxylic acids is 2. The molecule has 3 unspecified atom stereocenters. The van der Waals surface area contributed by atoms with Crippen molar-refractivity contribution in [3.05, 3.63) is 59.7 Å². The second-order valence-electron chi connectivity index (χ2n) is 11.0. The number of anilines is 1. The van der Waals surface area contributed by atoms with Crippen molar-refractivity contribution in [3.63, 3.8) is 0 Å². The number of phenols is 1. The lowest BCUT2D eigenvalue weighted by Gasteiger charge is -2.51. The Kier molecular flexibility index (Phi) is 7.55. The quantitative estimate of drug-likeness (QED) is 0.352. The van der Waals surface area contributed by atoms with Crippen LogP contribution in [-0.2, 0) is 19.1 Å². The van der Waals surface area contributed by atoms with Gasteiger partial charge in [0.1, 0.15) is 5.75 Å². The van der Waals surface area contributed by atoms with Crippen molar-refractivity contribution >= 4 is 25.7 Å². The van der Waals surface area contributed by atoms with Crippen molar-refractivity contribution in [2.24, 2.45) is 11.8 Å². The van der Waals surface area contributed by atoms with Gasteiger partial charge in [-0.05, 0) is 54.3 Å². The fraction of sp³-hybridized carbons (Fsp3) is 0.500. The number of aromatic hydroxyl groups is 1. The van der Waals surface area contributed by atoms with Crippen LogP contribution in [0.2, 0.25) is 25.7 Å². The number of hydrogen-bond donors (Lipinski definition) is 2. The molecule has 0 amide bonds. The predicted octanol–water partition coefficient (Wildman–Crippen LogP) is 5.52. The van der Waals surface area contributed by atoms with Crippen LogP contribution < -0.4 is 5.32 Å². The number of esters is 2. The lowest BCUT2D eigenvalue weighted by molar-refractivity contribution is -0.166. The number of rotatable bonds is 9. The molecule has 5 atom stereocenters. The molecule has 0 saturated heterocycles. The number of fused-ring (bicyclic) bond motifs is 2. The zero-order chi connectivity index (χ0) is 25.2. The molecule has 2 N–H and O–H groups in total. The van der Waals surface area contributed by atoms with Gasteiger partial charge in [0.15, 0.2) is 0 Å². The van der Waals surface area contributed by atoms with E-state index in [0.29, 0.717) is 26.1 Å². The highest BCUT2D eigenvalue weighted by atomic mass is 28.3. The molecule has 1 fully saturated rings. The van der Waals surface area contributed by atoms with Crippen LogP contribution >= 0.6 is 0 Å². The Hall–Kier alpha value is -2.80. The van der Waals surface area contributed by atoms with E-state index in [1.54, 1.807) is 12.1 Å². The van der Waals surface area contributed by atoms with Gasteiger partial charge in [0.25, 0.3) is 0 Å². The summed E-state index contributed by atoms with van der Waals surface area (Å²) in [5, 5.41) is 13.9. The van der Waals surface area contributed by atoms with E-state index in [1.807, 2.05) is 43.3 Å². The minimum absolute atomic E-state index is 0.0816. The van der Waals surface area contributed by atoms with Crippen molar-refractivity contribution in [1.29, 1.82) is 0 Å². The summed E-state index contributed by atoms with van der Waals surface area (Å²) in [5.41, 5.74) is 2.89. The van der Waals surface area contributed by atoms with Crippen LogP contribution in [0.1, 0.15) is 42.7 Å². The first-order valence-electron chi connectivity index (χ1n) is 12.7. The van der Waals surface area contributed by atoms with Gasteiger partial charge >= 0.3 is 11.9 Å². The highest BCUT2D eigenvalue weighted by molar-refractivity contribution is 6.76. The van der Waals surface area contributed by atoms with Gasteiger partial charge in [-0.3, -0.25) is 9.59 Å². The number of ether oxygens (including phenoxy) is 2. The van der Waals surface area contributed by atoms with E-state index in [2.05, 4.69) is 25.0 Å². The monoisotopic (exact) mass is 495 g/mol. The van der Waals surface area contributed by atoms with E-state index < -0.39 is 19.9 Å². The summed E-state index contributed by atoms with van der Waals surface area (Å²) in [6.45, 7) is 9.39. The SMILES string of the molecule is CCCOC(=O)C1C(C(=O)OCC[Si](C)(C)C)C2C[C@H](Nc3ccccc3)[C@H]1c1cc(O)ccc12. The fourth-order valence-corrected chi connectivity index (χ4v) is 6.28. The van der Waals surface area contributed by atoms with Crippen LogP contribution in [0.4, 0.5) is 5.69 Å². The molecule has 6 nitrogen and oxygen atoms in total. The molecule has 5 rings (SSSR count). The van der Waals surface area contributed by atoms with Crippen LogP contribution in [0.15, 0.2) is 48.5 Å². The van der Waals surface area contributed by atoms with E-state index in [1.165, 1.54) is 0 Å². The Bertz CT molecular complexity index is 1050. The van der Waals surface area contributed by atoms with Gasteiger partial charge in [0.2, 0.25) is 0 Å². The molecule has 7 heteroatoms. The van der Waals surface area contributed by atoms with E-state index >= 15 is 0 Å². The summed E-state index contributed by atoms with van der Waals surface area (Å²) in [6.07, 6.45) is 1.41. The number of hydrogen-bond acceptors (Lipinski definition) is 6. The van der Waals surface area contributed by atoms with Gasteiger partial charge in [0.05, 0.1) is 25.0 Å². The molecule has 0 heterocycles. The zero-order valence-electron chi connectivity index (χ0n) is 21.1. The van der Waals surface area contributed by atoms with Crippen LogP contribution in [0.3, 0.4) is 0 Å². The molecular weight excluding hydrogens is 458 g/mol. The minimum Gasteiger partial charge on any atom is -0.508 e. The van der Waals surface area contributed by atoms with Crippen LogP contribution in [0.5, 0.6) is 5.75 Å². The average Bonchev–Trinajstić information content (AvgIpc) is 2.81. The molecule has 3 aliphatic rings. The normalized spacial score (nSPS) is 25.0. The van der Waals surface area contributed by atoms with Crippen LogP contribution in [0, 0.1) is 11.8 Å². The third-order valence-electron chi connectivity index (χ3n) is 7.19. The van der Waals surface area contributed by atoms with Gasteiger partial charge in [-0.25, -0.2) is 0 Å². The smallest absolute Gasteiger partial charge is 0.310 e. The Morgan fingerprint density at radius 3 is 2.34 bits per heavy atom. The zero-order valence-corrected chi connectivity index (χ0v) is 22.1. The molecule has 35 heavy (non-hydrogen) atoms. The molecule has 2 aromatic rings. The van der Waals surface area contributed by atoms with Crippen molar-refractivity contribution in [3.8, 4) is 5.75 Å². The second-order valence-corrected chi connectivity index (χ2v) is 16.6. The molecule has 3 aliphatic carbocycles. The molecule has 0 radical (unpaired) electrons. The van der Waals surface area contributed by atoms with Crippen molar-refractivity contribution in [2.75, 3.05) is 18.5 Å². The third-order valence-corrected chi connectivity index (χ3v) is 8.90. The summed E-state index contributed by atoms with van der Waals surface area (Å²) >= 11 is 0. The minimum atomic E-state index is -1.37. The molecule has 1 saturated carbocycles. The van der Waals surface area contributed by atoms with Crippen LogP contribution in [0.25, 0.3) is 0 Å². The van der Waals surface area contributed by atoms with Gasteiger partial charge in [-0.1, -0.05) is 50.8 Å². The summed E-state index contributed by atoms with van der Waals surface area (Å²) in [7, 11) is -1.37. The molecular formula is C28H37NO5Si. The van der Waals surface area contributed by atoms with E-state index in [4.69, 9.17) is 9.47 Å². The highest BCUT2D eigenvalue weighted by Crippen LogP contribution is 2.57. The Balaban J connectivity index is 1.71. The lowest BCUT2D eigenvalue weighted by atomic mass is 9.54. The first-order valence-corrected chi connectivity index (χ1v) is 16.4. The van der Waals surface area contributed by atoms with E-state index in [-0.39, 0.29) is 35.6 Å². The number of nitrogens with one attached hydrogen (secondary N) is 1. The Labute approximate surface area is 209 Å². The average molecular weight is 496 g/mol. The first kappa shape index (κ1) is 25.3. The Morgan fingerprint density at radius 2 is 1.66 bits per heavy atom. The van der Waals surface area contributed by atoms with Gasteiger partial charge in [-0.2, -0.15) is 0 Å². The topological polar surface area (TPSA) is 84.9 Å². The first-order chi connectivity index (χ1) is 16.7. The molecule has 0 aliphatic heterocycles. The number of carbonyl (C=O) groups is 2. The lowest BCUT2D eigenvalue weighted by Crippen LogP contribution is -2.54. The summed E-state index contributed by atoms with van der Waals surface area (Å²) in [4.78, 5) is 27.0. The predicted molar refractivity (Wildman–Crippen MR) is 139 cm³/mol. The third kappa shape index (κ3) is 5.55. The number of benzene rings is 2. The van der Waals surface area contributed by atoms with Gasteiger partial charge in [0, 0.05) is 31.6 Å². The van der Waals surface area contributed by atoms with Gasteiger partial charge in [-0.15, -0.1) is 0 Å². The van der Waals surface area contributed by atoms with E-state index in [0.717, 1.165) is 22.9 Å². The standard InChI is InChI=1S/C28H37NO5Si/c1-5-13-33-28(32)26-24-21-16-19(30)11-12-20(21)22(17-23(24)29-18-9-7-6-8-10-18)25(26)27(31)34-14-15-35(2,3)4/h6-12,16,22-26,29-30H,5,13-15,17H2,1-4H3/t22?,23-,24+,25?,26?/m0/s1. The Morgan fingerprint density at radius 1 is 0.971 bits per heavy atom. The maximum atomic E-state index is 13.5. The molecule has 2 bridgehead atoms. The largest absolute Gasteiger partial charge is 0.508 e. The maximum absolute atomic E-state index is 13.5. The number of phenolic OH excluding ortho intramolecular Hbond substituents is 1. The summed E-state index contributed by atoms with van der Waals surface area (Å²) in [5.74, 6) is -2.30. The fourth-order valence-electron chi connectivity index (χ4n) is 5.56. The molecule has 0 aromatic heterocycles. The highest BCUT2D eigenvalue weighted by Gasteiger charge is 2.58. The summed E-state index contributed by atoms with van der Waals surface area (Å²) in [6, 6.07) is 16.0. The van der Waals surface area contributed by atoms with E-state index in [9.17, 15) is 14.7 Å². The second kappa shape index (κ2) is 10.4. The molecule has 0 spiro atoms. The molecule has 188 valence electrons. The van der Waals surface area contributed by atoms with Crippen molar-refractivity contribution in [2.45, 2.75) is 63.3 Å². The van der Waals surface area contributed by atoms with Gasteiger partial charge < -0.3 is 19.9 Å². The summed E-state index contributed by atoms with van der Waals surface area (Å²) < 4.78 is 11.4. The van der Waals surface area contributed by atoms with Crippen molar-refractivity contribution in [1.82, 2.24) is 0 Å². The number of para-hydroxylation sites is 1. The van der Waals surface area contributed by atoms with Crippen molar-refractivity contribution < 1.29 is 24.2 Å².